The minimum Gasteiger partial charge on any atom is -0.454 e. The molecule has 0 radical (unpaired) electrons. The molecule has 0 spiro atoms. The van der Waals surface area contributed by atoms with Gasteiger partial charge in [0.05, 0.1) is 12.4 Å². The Bertz CT molecular complexity index is 454. The van der Waals surface area contributed by atoms with Crippen LogP contribution in [0.25, 0.3) is 0 Å². The molecule has 0 aliphatic carbocycles. The average Bonchev–Trinajstić information content (AvgIpc) is 2.33. The van der Waals surface area contributed by atoms with Crippen LogP contribution in [0.3, 0.4) is 0 Å². The third kappa shape index (κ3) is 2.63. The molecule has 0 unspecified atom stereocenters. The van der Waals surface area contributed by atoms with Crippen LogP contribution in [-0.2, 0) is 11.2 Å². The monoisotopic (exact) mass is 214 g/mol. The van der Waals surface area contributed by atoms with Gasteiger partial charge < -0.3 is 9.53 Å². The quantitative estimate of drug-likeness (QED) is 0.730. The SMILES string of the molecule is O=CCc1ccc(Oc2cncnc2)cc1. The Morgan fingerprint density at radius 1 is 1.06 bits per heavy atom. The molecule has 0 amide bonds. The Hall–Kier alpha value is -2.23. The third-order valence-electron chi connectivity index (χ3n) is 2.01. The van der Waals surface area contributed by atoms with Crippen LogP contribution >= 0.6 is 0 Å². The number of nitrogens with zero attached hydrogens (tertiary/aromatic N) is 2. The van der Waals surface area contributed by atoms with Crippen LogP contribution in [-0.4, -0.2) is 16.3 Å². The van der Waals surface area contributed by atoms with Crippen LogP contribution < -0.4 is 4.74 Å². The first-order chi connectivity index (χ1) is 7.88. The van der Waals surface area contributed by atoms with E-state index in [1.54, 1.807) is 12.4 Å². The number of rotatable bonds is 4. The summed E-state index contributed by atoms with van der Waals surface area (Å²) in [5.74, 6) is 1.29. The van der Waals surface area contributed by atoms with Gasteiger partial charge in [-0.25, -0.2) is 9.97 Å². The van der Waals surface area contributed by atoms with Crippen LogP contribution in [0.5, 0.6) is 11.5 Å². The van der Waals surface area contributed by atoms with Gasteiger partial charge >= 0.3 is 0 Å². The van der Waals surface area contributed by atoms with Gasteiger partial charge in [0, 0.05) is 6.42 Å². The summed E-state index contributed by atoms with van der Waals surface area (Å²) in [5, 5.41) is 0. The number of aldehydes is 1. The third-order valence-corrected chi connectivity index (χ3v) is 2.01. The zero-order valence-electron chi connectivity index (χ0n) is 8.54. The Balaban J connectivity index is 2.08. The molecule has 0 fully saturated rings. The summed E-state index contributed by atoms with van der Waals surface area (Å²) in [7, 11) is 0. The Morgan fingerprint density at radius 3 is 2.38 bits per heavy atom. The van der Waals surface area contributed by atoms with E-state index >= 15 is 0 Å². The second-order valence-corrected chi connectivity index (χ2v) is 3.19. The minimum absolute atomic E-state index is 0.425. The molecule has 0 saturated heterocycles. The van der Waals surface area contributed by atoms with E-state index in [4.69, 9.17) is 4.74 Å². The molecule has 80 valence electrons. The van der Waals surface area contributed by atoms with Crippen LogP contribution in [0.1, 0.15) is 5.56 Å². The fraction of sp³-hybridized carbons (Fsp3) is 0.0833. The highest BCUT2D eigenvalue weighted by Gasteiger charge is 1.97. The first kappa shape index (κ1) is 10.3. The molecule has 0 aliphatic heterocycles. The minimum atomic E-state index is 0.425. The van der Waals surface area contributed by atoms with Crippen molar-refractivity contribution in [1.29, 1.82) is 0 Å². The van der Waals surface area contributed by atoms with Crippen LogP contribution in [0.15, 0.2) is 43.0 Å². The molecule has 16 heavy (non-hydrogen) atoms. The van der Waals surface area contributed by atoms with Crippen molar-refractivity contribution in [3.63, 3.8) is 0 Å². The maximum Gasteiger partial charge on any atom is 0.163 e. The summed E-state index contributed by atoms with van der Waals surface area (Å²) in [6.07, 6.45) is 5.92. The van der Waals surface area contributed by atoms with E-state index in [0.29, 0.717) is 17.9 Å². The van der Waals surface area contributed by atoms with Crippen LogP contribution in [0.4, 0.5) is 0 Å². The van der Waals surface area contributed by atoms with Crippen LogP contribution in [0.2, 0.25) is 0 Å². The van der Waals surface area contributed by atoms with Gasteiger partial charge in [0.15, 0.2) is 5.75 Å². The molecule has 0 atom stereocenters. The maximum atomic E-state index is 10.3. The molecule has 0 saturated carbocycles. The number of benzene rings is 1. The van der Waals surface area contributed by atoms with E-state index < -0.39 is 0 Å². The summed E-state index contributed by atoms with van der Waals surface area (Å²) in [6, 6.07) is 7.33. The van der Waals surface area contributed by atoms with Crippen molar-refractivity contribution in [3.05, 3.63) is 48.5 Å². The molecule has 1 heterocycles. The van der Waals surface area contributed by atoms with Crippen molar-refractivity contribution in [2.24, 2.45) is 0 Å². The number of hydrogen-bond donors (Lipinski definition) is 0. The van der Waals surface area contributed by atoms with Crippen molar-refractivity contribution < 1.29 is 9.53 Å². The largest absolute Gasteiger partial charge is 0.454 e. The van der Waals surface area contributed by atoms with E-state index in [2.05, 4.69) is 9.97 Å². The van der Waals surface area contributed by atoms with Crippen molar-refractivity contribution in [1.82, 2.24) is 9.97 Å². The van der Waals surface area contributed by atoms with Gasteiger partial charge in [0.25, 0.3) is 0 Å². The van der Waals surface area contributed by atoms with E-state index in [-0.39, 0.29) is 0 Å². The molecule has 0 aliphatic rings. The molecular weight excluding hydrogens is 204 g/mol. The molecular formula is C12H10N2O2. The summed E-state index contributed by atoms with van der Waals surface area (Å²) in [6.45, 7) is 0. The highest BCUT2D eigenvalue weighted by Crippen LogP contribution is 2.19. The number of carbonyl (C=O) groups excluding carboxylic acids is 1. The fourth-order valence-corrected chi connectivity index (χ4v) is 1.26. The Kier molecular flexibility index (Phi) is 3.23. The summed E-state index contributed by atoms with van der Waals surface area (Å²) in [5.41, 5.74) is 0.965. The first-order valence-corrected chi connectivity index (χ1v) is 4.84. The van der Waals surface area contributed by atoms with Crippen molar-refractivity contribution in [3.8, 4) is 11.5 Å². The van der Waals surface area contributed by atoms with Gasteiger partial charge in [-0.1, -0.05) is 12.1 Å². The standard InChI is InChI=1S/C12H10N2O2/c15-6-5-10-1-3-11(4-2-10)16-12-7-13-9-14-8-12/h1-4,6-9H,5H2. The Morgan fingerprint density at radius 2 is 1.75 bits per heavy atom. The number of hydrogen-bond acceptors (Lipinski definition) is 4. The topological polar surface area (TPSA) is 52.1 Å². The summed E-state index contributed by atoms with van der Waals surface area (Å²) in [4.78, 5) is 18.0. The molecule has 1 aromatic carbocycles. The van der Waals surface area contributed by atoms with Gasteiger partial charge in [-0.2, -0.15) is 0 Å². The highest BCUT2D eigenvalue weighted by atomic mass is 16.5. The lowest BCUT2D eigenvalue weighted by atomic mass is 10.2. The van der Waals surface area contributed by atoms with Crippen molar-refractivity contribution >= 4 is 6.29 Å². The lowest BCUT2D eigenvalue weighted by Crippen LogP contribution is -1.88. The zero-order chi connectivity index (χ0) is 11.2. The molecule has 4 heteroatoms. The number of aromatic nitrogens is 2. The Labute approximate surface area is 92.9 Å². The lowest BCUT2D eigenvalue weighted by molar-refractivity contribution is -0.107. The van der Waals surface area contributed by atoms with Crippen molar-refractivity contribution in [2.75, 3.05) is 0 Å². The molecule has 0 bridgehead atoms. The van der Waals surface area contributed by atoms with Crippen molar-refractivity contribution in [2.45, 2.75) is 6.42 Å². The first-order valence-electron chi connectivity index (χ1n) is 4.84. The van der Waals surface area contributed by atoms with Gasteiger partial charge in [-0.15, -0.1) is 0 Å². The van der Waals surface area contributed by atoms with Gasteiger partial charge in [0.1, 0.15) is 18.4 Å². The molecule has 0 N–H and O–H groups in total. The fourth-order valence-electron chi connectivity index (χ4n) is 1.26. The molecule has 4 nitrogen and oxygen atoms in total. The van der Waals surface area contributed by atoms with E-state index in [1.165, 1.54) is 6.33 Å². The number of ether oxygens (including phenoxy) is 1. The van der Waals surface area contributed by atoms with Gasteiger partial charge in [-0.05, 0) is 17.7 Å². The predicted molar refractivity (Wildman–Crippen MR) is 58.3 cm³/mol. The average molecular weight is 214 g/mol. The lowest BCUT2D eigenvalue weighted by Gasteiger charge is -2.04. The number of carbonyl (C=O) groups is 1. The predicted octanol–water partition coefficient (Wildman–Crippen LogP) is 2.01. The smallest absolute Gasteiger partial charge is 0.163 e. The highest BCUT2D eigenvalue weighted by molar-refractivity contribution is 5.55. The molecule has 2 aromatic rings. The second kappa shape index (κ2) is 5.02. The van der Waals surface area contributed by atoms with Crippen LogP contribution in [0, 0.1) is 0 Å². The van der Waals surface area contributed by atoms with Gasteiger partial charge in [0.2, 0.25) is 0 Å². The second-order valence-electron chi connectivity index (χ2n) is 3.19. The van der Waals surface area contributed by atoms with Gasteiger partial charge in [-0.3, -0.25) is 0 Å². The van der Waals surface area contributed by atoms with E-state index in [9.17, 15) is 4.79 Å². The summed E-state index contributed by atoms with van der Waals surface area (Å²) < 4.78 is 5.50. The summed E-state index contributed by atoms with van der Waals surface area (Å²) >= 11 is 0. The van der Waals surface area contributed by atoms with E-state index in [0.717, 1.165) is 11.8 Å². The zero-order valence-corrected chi connectivity index (χ0v) is 8.54. The normalized spacial score (nSPS) is 9.75. The maximum absolute atomic E-state index is 10.3. The molecule has 2 rings (SSSR count). The molecule has 1 aromatic heterocycles. The van der Waals surface area contributed by atoms with E-state index in [1.807, 2.05) is 24.3 Å².